The Hall–Kier alpha value is -1.22. The molecule has 0 aromatic heterocycles. The molecule has 1 heterocycles. The van der Waals surface area contributed by atoms with Gasteiger partial charge in [-0.15, -0.1) is 11.6 Å². The zero-order chi connectivity index (χ0) is 14.3. The Morgan fingerprint density at radius 3 is 2.60 bits per heavy atom. The van der Waals surface area contributed by atoms with Gasteiger partial charge in [-0.25, -0.2) is 0 Å². The molecular formula is C14H19N2O3W-. The van der Waals surface area contributed by atoms with Gasteiger partial charge in [-0.3, -0.25) is 14.9 Å². The average Bonchev–Trinajstić information content (AvgIpc) is 2.45. The smallest absolute Gasteiger partial charge is 0.248 e. The summed E-state index contributed by atoms with van der Waals surface area (Å²) in [5, 5.41) is 4.80. The van der Waals surface area contributed by atoms with Gasteiger partial charge in [-0.1, -0.05) is 26.7 Å². The average molecular weight is 447 g/mol. The van der Waals surface area contributed by atoms with Gasteiger partial charge in [-0.05, 0) is 6.42 Å². The van der Waals surface area contributed by atoms with Crippen molar-refractivity contribution in [3.8, 4) is 0 Å². The maximum absolute atomic E-state index is 11.8. The van der Waals surface area contributed by atoms with Crippen molar-refractivity contribution >= 4 is 17.7 Å². The van der Waals surface area contributed by atoms with Crippen LogP contribution < -0.4 is 10.6 Å². The van der Waals surface area contributed by atoms with Crippen molar-refractivity contribution < 1.29 is 35.4 Å². The maximum Gasteiger partial charge on any atom is 0.248 e. The molecule has 1 unspecified atom stereocenters. The number of imide groups is 1. The van der Waals surface area contributed by atoms with Crippen molar-refractivity contribution in [2.24, 2.45) is 0 Å². The van der Waals surface area contributed by atoms with Crippen LogP contribution in [0.2, 0.25) is 0 Å². The molecular weight excluding hydrogens is 428 g/mol. The van der Waals surface area contributed by atoms with E-state index in [-0.39, 0.29) is 39.3 Å². The van der Waals surface area contributed by atoms with Crippen molar-refractivity contribution in [3.63, 3.8) is 0 Å². The molecule has 0 aromatic carbocycles. The number of piperidine rings is 1. The van der Waals surface area contributed by atoms with Crippen LogP contribution in [0.3, 0.4) is 0 Å². The molecule has 110 valence electrons. The van der Waals surface area contributed by atoms with E-state index in [1.54, 1.807) is 12.2 Å². The van der Waals surface area contributed by atoms with Crippen LogP contribution in [0.15, 0.2) is 17.7 Å². The predicted octanol–water partition coefficient (Wildman–Crippen LogP) is 1.01. The third kappa shape index (κ3) is 5.41. The number of allylic oxidation sites excluding steroid dienone is 2. The molecule has 1 saturated heterocycles. The summed E-state index contributed by atoms with van der Waals surface area (Å²) in [5.74, 6) is -1.03. The molecule has 2 N–H and O–H groups in total. The van der Waals surface area contributed by atoms with Crippen LogP contribution >= 0.6 is 0 Å². The molecule has 0 bridgehead atoms. The standard InChI is InChI=1S/C12H13N2O3.C2H6.W/c15-10-7-6-9(12(17)14-10)13-11(16)8-4-2-1-3-5-8;1-2;/h2,5,9H,1,3,6-7H2,(H,13,16)(H,14,15,17);1-2H3;/q-1;;. The third-order valence-corrected chi connectivity index (χ3v) is 2.71. The fourth-order valence-corrected chi connectivity index (χ4v) is 1.78. The molecule has 1 aliphatic heterocycles. The summed E-state index contributed by atoms with van der Waals surface area (Å²) in [6.45, 7) is 4.00. The first-order chi connectivity index (χ1) is 9.16. The summed E-state index contributed by atoms with van der Waals surface area (Å²) < 4.78 is 0. The molecule has 3 amide bonds. The Morgan fingerprint density at radius 2 is 2.05 bits per heavy atom. The van der Waals surface area contributed by atoms with Gasteiger partial charge in [0, 0.05) is 27.5 Å². The Kier molecular flexibility index (Phi) is 9.06. The Balaban J connectivity index is 0.00000115. The number of rotatable bonds is 2. The van der Waals surface area contributed by atoms with Crippen molar-refractivity contribution in [2.45, 2.75) is 45.6 Å². The molecule has 1 atom stereocenters. The van der Waals surface area contributed by atoms with Gasteiger partial charge in [0.1, 0.15) is 5.91 Å². The van der Waals surface area contributed by atoms with Gasteiger partial charge in [0.05, 0.1) is 6.04 Å². The minimum atomic E-state index is -0.621. The predicted molar refractivity (Wildman–Crippen MR) is 70.8 cm³/mol. The molecule has 1 aliphatic carbocycles. The molecule has 1 fully saturated rings. The van der Waals surface area contributed by atoms with Crippen LogP contribution in [0.1, 0.15) is 39.5 Å². The van der Waals surface area contributed by atoms with E-state index in [1.807, 2.05) is 13.8 Å². The van der Waals surface area contributed by atoms with Gasteiger partial charge in [0.2, 0.25) is 11.8 Å². The van der Waals surface area contributed by atoms with E-state index in [0.29, 0.717) is 12.0 Å². The van der Waals surface area contributed by atoms with Crippen LogP contribution in [0, 0.1) is 6.08 Å². The van der Waals surface area contributed by atoms with E-state index >= 15 is 0 Å². The Morgan fingerprint density at radius 1 is 1.35 bits per heavy atom. The molecule has 20 heavy (non-hydrogen) atoms. The summed E-state index contributed by atoms with van der Waals surface area (Å²) in [4.78, 5) is 34.1. The zero-order valence-electron chi connectivity index (χ0n) is 11.7. The molecule has 0 saturated carbocycles. The largest absolute Gasteiger partial charge is 0.394 e. The van der Waals surface area contributed by atoms with Crippen LogP contribution in [0.4, 0.5) is 0 Å². The van der Waals surface area contributed by atoms with Crippen molar-refractivity contribution in [2.75, 3.05) is 0 Å². The number of amides is 3. The van der Waals surface area contributed by atoms with Crippen LogP contribution in [-0.2, 0) is 35.4 Å². The topological polar surface area (TPSA) is 75.3 Å². The van der Waals surface area contributed by atoms with E-state index in [0.717, 1.165) is 12.8 Å². The number of hydrogen-bond acceptors (Lipinski definition) is 3. The third-order valence-electron chi connectivity index (χ3n) is 2.71. The normalized spacial score (nSPS) is 20.7. The molecule has 0 aromatic rings. The van der Waals surface area contributed by atoms with E-state index in [1.165, 1.54) is 0 Å². The van der Waals surface area contributed by atoms with Crippen LogP contribution in [-0.4, -0.2) is 23.8 Å². The summed E-state index contributed by atoms with van der Waals surface area (Å²) in [6, 6.07) is -0.621. The second kappa shape index (κ2) is 9.65. The molecule has 5 nitrogen and oxygen atoms in total. The summed E-state index contributed by atoms with van der Waals surface area (Å²) in [6.07, 6.45) is 8.76. The van der Waals surface area contributed by atoms with Gasteiger partial charge in [-0.2, -0.15) is 12.2 Å². The second-order valence-electron chi connectivity index (χ2n) is 4.02. The number of hydrogen-bond donors (Lipinski definition) is 2. The molecule has 2 rings (SSSR count). The fourth-order valence-electron chi connectivity index (χ4n) is 1.78. The zero-order valence-corrected chi connectivity index (χ0v) is 14.6. The number of nitrogens with one attached hydrogen (secondary N) is 2. The van der Waals surface area contributed by atoms with Crippen molar-refractivity contribution in [1.82, 2.24) is 10.6 Å². The van der Waals surface area contributed by atoms with Gasteiger partial charge < -0.3 is 10.1 Å². The summed E-state index contributed by atoms with van der Waals surface area (Å²) >= 11 is 0. The Labute approximate surface area is 133 Å². The molecule has 6 heteroatoms. The van der Waals surface area contributed by atoms with Crippen LogP contribution in [0.5, 0.6) is 0 Å². The molecule has 0 spiro atoms. The summed E-state index contributed by atoms with van der Waals surface area (Å²) in [7, 11) is 0. The van der Waals surface area contributed by atoms with Gasteiger partial charge in [0.15, 0.2) is 0 Å². The quantitative estimate of drug-likeness (QED) is 0.491. The summed E-state index contributed by atoms with van der Waals surface area (Å²) in [5.41, 5.74) is 0.459. The molecule has 0 radical (unpaired) electrons. The fraction of sp³-hybridized carbons (Fsp3) is 0.500. The molecule has 2 aliphatic rings. The van der Waals surface area contributed by atoms with E-state index < -0.39 is 11.9 Å². The van der Waals surface area contributed by atoms with E-state index in [9.17, 15) is 14.4 Å². The van der Waals surface area contributed by atoms with E-state index in [4.69, 9.17) is 0 Å². The monoisotopic (exact) mass is 447 g/mol. The maximum atomic E-state index is 11.8. The van der Waals surface area contributed by atoms with E-state index in [2.05, 4.69) is 16.7 Å². The SMILES string of the molecule is CC.O=C1CCC(NC(=O)C2=CCCC=[C-]2)C(=O)N1.[W]. The van der Waals surface area contributed by atoms with Gasteiger partial charge in [0.25, 0.3) is 0 Å². The number of carbonyl (C=O) groups excluding carboxylic acids is 3. The minimum absolute atomic E-state index is 0. The van der Waals surface area contributed by atoms with Gasteiger partial charge >= 0.3 is 0 Å². The van der Waals surface area contributed by atoms with Crippen molar-refractivity contribution in [1.29, 1.82) is 0 Å². The first-order valence-electron chi connectivity index (χ1n) is 6.60. The number of carbonyl (C=O) groups is 3. The second-order valence-corrected chi connectivity index (χ2v) is 4.02. The minimum Gasteiger partial charge on any atom is -0.394 e. The first-order valence-corrected chi connectivity index (χ1v) is 6.60. The van der Waals surface area contributed by atoms with Crippen LogP contribution in [0.25, 0.3) is 0 Å². The van der Waals surface area contributed by atoms with Crippen molar-refractivity contribution in [3.05, 3.63) is 23.8 Å². The first kappa shape index (κ1) is 18.8. The Bertz CT molecular complexity index is 430.